The van der Waals surface area contributed by atoms with E-state index in [1.54, 1.807) is 13.7 Å². The number of benzene rings is 1. The molecule has 1 aliphatic carbocycles. The van der Waals surface area contributed by atoms with Gasteiger partial charge in [0.05, 0.1) is 16.7 Å². The normalized spacial score (nSPS) is 13.7. The van der Waals surface area contributed by atoms with Crippen LogP contribution in [0.25, 0.3) is 5.57 Å². The van der Waals surface area contributed by atoms with E-state index < -0.39 is 23.3 Å². The maximum absolute atomic E-state index is 12.7. The molecule has 1 aliphatic rings. The van der Waals surface area contributed by atoms with Crippen molar-refractivity contribution in [2.75, 3.05) is 0 Å². The first-order valence-electron chi connectivity index (χ1n) is 7.46. The maximum Gasteiger partial charge on any atom is 0.335 e. The molecule has 0 amide bonds. The van der Waals surface area contributed by atoms with E-state index in [4.69, 9.17) is 9.52 Å². The molecule has 0 spiro atoms. The number of hydrogen-bond acceptors (Lipinski definition) is 5. The van der Waals surface area contributed by atoms with Gasteiger partial charge in [-0.05, 0) is 30.1 Å². The number of aromatic carboxylic acids is 1. The Kier molecular flexibility index (Phi) is 4.00. The van der Waals surface area contributed by atoms with Gasteiger partial charge in [-0.25, -0.2) is 4.79 Å². The second kappa shape index (κ2) is 6.01. The zero-order valence-corrected chi connectivity index (χ0v) is 13.5. The van der Waals surface area contributed by atoms with Crippen molar-refractivity contribution >= 4 is 36.2 Å². The molecule has 0 aliphatic heterocycles. The molecule has 0 fully saturated rings. The second-order valence-corrected chi connectivity index (χ2v) is 5.55. The largest absolute Gasteiger partial charge is 0.478 e. The van der Waals surface area contributed by atoms with Crippen LogP contribution in [-0.4, -0.2) is 35.7 Å². The number of furan rings is 1. The van der Waals surface area contributed by atoms with Crippen molar-refractivity contribution in [3.63, 3.8) is 0 Å². The highest BCUT2D eigenvalue weighted by molar-refractivity contribution is 6.68. The van der Waals surface area contributed by atoms with Crippen LogP contribution in [0.2, 0.25) is 6.82 Å². The predicted molar refractivity (Wildman–Crippen MR) is 89.1 cm³/mol. The highest BCUT2D eigenvalue weighted by Crippen LogP contribution is 2.33. The molecule has 3 rings (SSSR count). The summed E-state index contributed by atoms with van der Waals surface area (Å²) in [5, 5.41) is 8.91. The van der Waals surface area contributed by atoms with E-state index in [2.05, 4.69) is 0 Å². The van der Waals surface area contributed by atoms with Crippen LogP contribution in [0.15, 0.2) is 40.4 Å². The van der Waals surface area contributed by atoms with Gasteiger partial charge in [-0.3, -0.25) is 14.4 Å². The molecule has 1 aromatic heterocycles. The Labute approximate surface area is 143 Å². The summed E-state index contributed by atoms with van der Waals surface area (Å²) in [6, 6.07) is 5.30. The van der Waals surface area contributed by atoms with Crippen molar-refractivity contribution in [1.29, 1.82) is 0 Å². The predicted octanol–water partition coefficient (Wildman–Crippen LogP) is 2.46. The van der Waals surface area contributed by atoms with Crippen molar-refractivity contribution in [2.24, 2.45) is 0 Å². The number of rotatable bonds is 4. The molecule has 0 bridgehead atoms. The molecule has 0 unspecified atom stereocenters. The molecule has 25 heavy (non-hydrogen) atoms. The van der Waals surface area contributed by atoms with Crippen molar-refractivity contribution in [1.82, 2.24) is 0 Å². The third kappa shape index (κ3) is 2.54. The SMILES string of the molecule is C[B]C1=C(C)c2occ(C(=O)c3ccc(C(=O)O)cc3)c2C(=O)C1=O. The van der Waals surface area contributed by atoms with E-state index in [9.17, 15) is 19.2 Å². The highest BCUT2D eigenvalue weighted by Gasteiger charge is 2.36. The van der Waals surface area contributed by atoms with E-state index in [0.717, 1.165) is 6.26 Å². The smallest absolute Gasteiger partial charge is 0.335 e. The number of carboxylic acid groups (broad SMARTS) is 1. The van der Waals surface area contributed by atoms with Gasteiger partial charge in [-0.1, -0.05) is 19.0 Å². The number of hydrogen-bond donors (Lipinski definition) is 1. The molecule has 2 aromatic rings. The molecule has 1 heterocycles. The molecule has 0 atom stereocenters. The van der Waals surface area contributed by atoms with Gasteiger partial charge in [-0.15, -0.1) is 0 Å². The van der Waals surface area contributed by atoms with Crippen molar-refractivity contribution < 1.29 is 28.7 Å². The number of allylic oxidation sites excluding steroid dienone is 2. The zero-order valence-electron chi connectivity index (χ0n) is 13.5. The summed E-state index contributed by atoms with van der Waals surface area (Å²) >= 11 is 0. The Balaban J connectivity index is 2.08. The van der Waals surface area contributed by atoms with Crippen LogP contribution in [0.4, 0.5) is 0 Å². The summed E-state index contributed by atoms with van der Waals surface area (Å²) in [7, 11) is 1.53. The lowest BCUT2D eigenvalue weighted by atomic mass is 9.64. The van der Waals surface area contributed by atoms with Gasteiger partial charge in [0.15, 0.2) is 13.1 Å². The maximum atomic E-state index is 12.7. The Morgan fingerprint density at radius 3 is 2.20 bits per heavy atom. The molecule has 6 nitrogen and oxygen atoms in total. The molecular weight excluding hydrogens is 323 g/mol. The summed E-state index contributed by atoms with van der Waals surface area (Å²) < 4.78 is 5.39. The van der Waals surface area contributed by atoms with Gasteiger partial charge < -0.3 is 9.52 Å². The first kappa shape index (κ1) is 16.6. The summed E-state index contributed by atoms with van der Waals surface area (Å²) in [5.41, 5.74) is 0.952. The third-order valence-electron chi connectivity index (χ3n) is 4.14. The molecule has 0 saturated carbocycles. The Bertz CT molecular complexity index is 962. The number of Topliss-reactive ketones (excluding diaryl/α,β-unsaturated/α-hetero) is 2. The Morgan fingerprint density at radius 2 is 1.64 bits per heavy atom. The fourth-order valence-electron chi connectivity index (χ4n) is 2.82. The highest BCUT2D eigenvalue weighted by atomic mass is 16.4. The fraction of sp³-hybridized carbons (Fsp3) is 0.111. The first-order valence-corrected chi connectivity index (χ1v) is 7.46. The van der Waals surface area contributed by atoms with E-state index in [0.29, 0.717) is 5.57 Å². The van der Waals surface area contributed by atoms with Crippen LogP contribution >= 0.6 is 0 Å². The quantitative estimate of drug-likeness (QED) is 0.523. The fourth-order valence-corrected chi connectivity index (χ4v) is 2.82. The topological polar surface area (TPSA) is 102 Å². The van der Waals surface area contributed by atoms with Gasteiger partial charge in [0.1, 0.15) is 12.0 Å². The summed E-state index contributed by atoms with van der Waals surface area (Å²) in [4.78, 5) is 48.2. The minimum absolute atomic E-state index is 0.00840. The Hall–Kier alpha value is -3.22. The first-order chi connectivity index (χ1) is 11.9. The number of carbonyl (C=O) groups is 4. The lowest BCUT2D eigenvalue weighted by molar-refractivity contribution is -0.111. The van der Waals surface area contributed by atoms with Gasteiger partial charge in [-0.2, -0.15) is 0 Å². The number of carboxylic acids is 1. The van der Waals surface area contributed by atoms with Crippen LogP contribution in [0.3, 0.4) is 0 Å². The van der Waals surface area contributed by atoms with Crippen molar-refractivity contribution in [2.45, 2.75) is 13.7 Å². The lowest BCUT2D eigenvalue weighted by Gasteiger charge is -2.14. The second-order valence-electron chi connectivity index (χ2n) is 5.55. The monoisotopic (exact) mass is 335 g/mol. The van der Waals surface area contributed by atoms with Crippen LogP contribution in [0.1, 0.15) is 49.3 Å². The number of carbonyl (C=O) groups excluding carboxylic acids is 3. The minimum atomic E-state index is -1.11. The van der Waals surface area contributed by atoms with Gasteiger partial charge in [0, 0.05) is 5.56 Å². The lowest BCUT2D eigenvalue weighted by Crippen LogP contribution is -2.26. The summed E-state index contributed by atoms with van der Waals surface area (Å²) in [6.45, 7) is 3.30. The summed E-state index contributed by atoms with van der Waals surface area (Å²) in [5.74, 6) is -2.87. The van der Waals surface area contributed by atoms with Crippen LogP contribution in [0, 0.1) is 0 Å². The van der Waals surface area contributed by atoms with Crippen molar-refractivity contribution in [3.8, 4) is 0 Å². The number of ketones is 3. The minimum Gasteiger partial charge on any atom is -0.478 e. The van der Waals surface area contributed by atoms with E-state index in [-0.39, 0.29) is 33.5 Å². The molecule has 1 N–H and O–H groups in total. The summed E-state index contributed by atoms with van der Waals surface area (Å²) in [6.07, 6.45) is 1.16. The number of fused-ring (bicyclic) bond motifs is 1. The van der Waals surface area contributed by atoms with Crippen molar-refractivity contribution in [3.05, 3.63) is 64.0 Å². The van der Waals surface area contributed by atoms with Gasteiger partial charge in [0.2, 0.25) is 11.6 Å². The Morgan fingerprint density at radius 1 is 1.04 bits per heavy atom. The van der Waals surface area contributed by atoms with E-state index in [1.165, 1.54) is 31.5 Å². The van der Waals surface area contributed by atoms with E-state index >= 15 is 0 Å². The molecule has 0 saturated heterocycles. The molecule has 7 heteroatoms. The third-order valence-corrected chi connectivity index (χ3v) is 4.14. The standard InChI is InChI=1S/C18H12BO6/c1-8-13(19-2)16(22)15(21)12-11(7-25-17(8)12)14(20)9-3-5-10(6-4-9)18(23)24/h3-7H,1-2H3,(H,23,24). The molecule has 1 aromatic carbocycles. The average Bonchev–Trinajstić information content (AvgIpc) is 3.05. The average molecular weight is 335 g/mol. The molecule has 1 radical (unpaired) electrons. The van der Waals surface area contributed by atoms with Gasteiger partial charge in [0.25, 0.3) is 0 Å². The molecular formula is C18H12BO6. The zero-order chi connectivity index (χ0) is 18.3. The molecule has 123 valence electrons. The van der Waals surface area contributed by atoms with E-state index in [1.807, 2.05) is 0 Å². The van der Waals surface area contributed by atoms with Gasteiger partial charge >= 0.3 is 5.97 Å². The van der Waals surface area contributed by atoms with Crippen LogP contribution < -0.4 is 0 Å². The van der Waals surface area contributed by atoms with Crippen LogP contribution in [-0.2, 0) is 4.79 Å². The van der Waals surface area contributed by atoms with Crippen LogP contribution in [0.5, 0.6) is 0 Å².